The third-order valence-electron chi connectivity index (χ3n) is 2.94. The third kappa shape index (κ3) is 3.61. The minimum absolute atomic E-state index is 0.199. The van der Waals surface area contributed by atoms with Gasteiger partial charge in [-0.05, 0) is 35.1 Å². The number of halogens is 1. The van der Waals surface area contributed by atoms with Crippen molar-refractivity contribution in [1.29, 1.82) is 0 Å². The number of aromatic hydroxyl groups is 1. The molecule has 0 heterocycles. The van der Waals surface area contributed by atoms with E-state index in [1.165, 1.54) is 0 Å². The number of hydrogen-bond donors (Lipinski definition) is 3. The number of phenols is 1. The van der Waals surface area contributed by atoms with Gasteiger partial charge in [-0.15, -0.1) is 11.6 Å². The summed E-state index contributed by atoms with van der Waals surface area (Å²) in [5.74, 6) is 0.493. The first kappa shape index (κ1) is 15.3. The highest BCUT2D eigenvalue weighted by Gasteiger charge is 2.23. The van der Waals surface area contributed by atoms with E-state index in [0.29, 0.717) is 17.9 Å². The van der Waals surface area contributed by atoms with Crippen molar-refractivity contribution >= 4 is 11.6 Å². The summed E-state index contributed by atoms with van der Waals surface area (Å²) < 4.78 is 0. The second kappa shape index (κ2) is 5.91. The normalized spacial score (nSPS) is 15.4. The maximum Gasteiger partial charge on any atom is 0.119 e. The van der Waals surface area contributed by atoms with Crippen molar-refractivity contribution in [2.75, 3.05) is 5.88 Å². The van der Waals surface area contributed by atoms with Crippen LogP contribution in [0, 0.1) is 0 Å². The molecule has 4 heteroatoms. The number of aliphatic hydroxyl groups excluding tert-OH is 2. The Morgan fingerprint density at radius 2 is 1.83 bits per heavy atom. The Balaban J connectivity index is 3.05. The molecule has 1 aromatic carbocycles. The number of aliphatic hydroxyl groups is 2. The van der Waals surface area contributed by atoms with Gasteiger partial charge in [-0.1, -0.05) is 26.8 Å². The minimum atomic E-state index is -0.981. The summed E-state index contributed by atoms with van der Waals surface area (Å²) in [5.41, 5.74) is 1.12. The summed E-state index contributed by atoms with van der Waals surface area (Å²) in [5, 5.41) is 29.6. The van der Waals surface area contributed by atoms with E-state index in [2.05, 4.69) is 0 Å². The topological polar surface area (TPSA) is 60.7 Å². The maximum atomic E-state index is 10.0. The molecule has 18 heavy (non-hydrogen) atoms. The lowest BCUT2D eigenvalue weighted by Crippen LogP contribution is -2.20. The Morgan fingerprint density at radius 3 is 2.33 bits per heavy atom. The summed E-state index contributed by atoms with van der Waals surface area (Å²) >= 11 is 5.55. The molecule has 0 aromatic heterocycles. The Hall–Kier alpha value is -0.770. The van der Waals surface area contributed by atoms with E-state index in [9.17, 15) is 15.3 Å². The van der Waals surface area contributed by atoms with Gasteiger partial charge in [-0.25, -0.2) is 0 Å². The van der Waals surface area contributed by atoms with Crippen molar-refractivity contribution < 1.29 is 15.3 Å². The van der Waals surface area contributed by atoms with Gasteiger partial charge in [0.05, 0.1) is 6.10 Å². The van der Waals surface area contributed by atoms with E-state index >= 15 is 0 Å². The largest absolute Gasteiger partial charge is 0.508 e. The quantitative estimate of drug-likeness (QED) is 0.739. The Morgan fingerprint density at radius 1 is 1.22 bits per heavy atom. The Bertz CT molecular complexity index is 399. The molecule has 1 rings (SSSR count). The average molecular weight is 273 g/mol. The van der Waals surface area contributed by atoms with Crippen LogP contribution in [0.2, 0.25) is 0 Å². The van der Waals surface area contributed by atoms with Crippen LogP contribution >= 0.6 is 11.6 Å². The Kier molecular flexibility index (Phi) is 5.02. The molecular formula is C14H21ClO3. The molecule has 0 aliphatic carbocycles. The highest BCUT2D eigenvalue weighted by Crippen LogP contribution is 2.33. The minimum Gasteiger partial charge on any atom is -0.508 e. The average Bonchev–Trinajstić information content (AvgIpc) is 2.27. The highest BCUT2D eigenvalue weighted by molar-refractivity contribution is 6.17. The summed E-state index contributed by atoms with van der Waals surface area (Å²) in [6.07, 6.45) is -1.54. The first-order chi connectivity index (χ1) is 8.27. The zero-order valence-electron chi connectivity index (χ0n) is 11.0. The van der Waals surface area contributed by atoms with E-state index in [4.69, 9.17) is 11.6 Å². The van der Waals surface area contributed by atoms with Crippen LogP contribution in [0.5, 0.6) is 5.75 Å². The van der Waals surface area contributed by atoms with Gasteiger partial charge in [0.25, 0.3) is 0 Å². The van der Waals surface area contributed by atoms with Crippen LogP contribution in [-0.2, 0) is 5.41 Å². The molecule has 0 aliphatic rings. The molecule has 102 valence electrons. The molecule has 3 nitrogen and oxygen atoms in total. The van der Waals surface area contributed by atoms with Crippen molar-refractivity contribution in [2.45, 2.75) is 44.8 Å². The van der Waals surface area contributed by atoms with Crippen molar-refractivity contribution in [3.8, 4) is 5.75 Å². The van der Waals surface area contributed by atoms with Crippen molar-refractivity contribution in [3.63, 3.8) is 0 Å². The van der Waals surface area contributed by atoms with Crippen LogP contribution in [0.4, 0.5) is 0 Å². The first-order valence-electron chi connectivity index (χ1n) is 6.03. The zero-order valence-corrected chi connectivity index (χ0v) is 11.8. The molecule has 0 bridgehead atoms. The predicted octanol–water partition coefficient (Wildman–Crippen LogP) is 2.71. The van der Waals surface area contributed by atoms with Gasteiger partial charge in [-0.2, -0.15) is 0 Å². The van der Waals surface area contributed by atoms with E-state index in [0.717, 1.165) is 5.56 Å². The van der Waals surface area contributed by atoms with Crippen LogP contribution in [-0.4, -0.2) is 27.3 Å². The van der Waals surface area contributed by atoms with Gasteiger partial charge in [0.1, 0.15) is 11.9 Å². The second-order valence-corrected chi connectivity index (χ2v) is 5.89. The van der Waals surface area contributed by atoms with E-state index in [1.54, 1.807) is 18.2 Å². The third-order valence-corrected chi connectivity index (χ3v) is 3.16. The van der Waals surface area contributed by atoms with Crippen LogP contribution in [0.15, 0.2) is 18.2 Å². The molecule has 0 fully saturated rings. The summed E-state index contributed by atoms with van der Waals surface area (Å²) in [6.45, 7) is 5.94. The number of benzene rings is 1. The lowest BCUT2D eigenvalue weighted by molar-refractivity contribution is 0.0169. The Labute approximate surface area is 113 Å². The van der Waals surface area contributed by atoms with Crippen molar-refractivity contribution in [2.24, 2.45) is 0 Å². The van der Waals surface area contributed by atoms with Crippen molar-refractivity contribution in [3.05, 3.63) is 29.3 Å². The summed E-state index contributed by atoms with van der Waals surface area (Å²) in [7, 11) is 0. The molecule has 2 unspecified atom stereocenters. The standard InChI is InChI=1S/C14H21ClO3/c1-14(2,3)10-8-9(4-5-11(10)16)13(18)12(17)6-7-15/h4-5,8,12-13,16-18H,6-7H2,1-3H3. The molecule has 0 saturated carbocycles. The van der Waals surface area contributed by atoms with E-state index in [-0.39, 0.29) is 11.2 Å². The van der Waals surface area contributed by atoms with Gasteiger partial charge in [0.15, 0.2) is 0 Å². The number of alkyl halides is 1. The fourth-order valence-corrected chi connectivity index (χ4v) is 2.05. The lowest BCUT2D eigenvalue weighted by atomic mass is 9.84. The van der Waals surface area contributed by atoms with Crippen LogP contribution in [0.3, 0.4) is 0 Å². The molecule has 0 amide bonds. The van der Waals surface area contributed by atoms with E-state index < -0.39 is 12.2 Å². The smallest absolute Gasteiger partial charge is 0.119 e. The van der Waals surface area contributed by atoms with Gasteiger partial charge in [-0.3, -0.25) is 0 Å². The number of hydrogen-bond acceptors (Lipinski definition) is 3. The molecule has 3 N–H and O–H groups in total. The van der Waals surface area contributed by atoms with Gasteiger partial charge >= 0.3 is 0 Å². The molecule has 0 spiro atoms. The second-order valence-electron chi connectivity index (χ2n) is 5.52. The lowest BCUT2D eigenvalue weighted by Gasteiger charge is -2.23. The zero-order chi connectivity index (χ0) is 13.9. The van der Waals surface area contributed by atoms with Crippen LogP contribution in [0.1, 0.15) is 44.4 Å². The van der Waals surface area contributed by atoms with E-state index in [1.807, 2.05) is 20.8 Å². The number of phenolic OH excluding ortho intramolecular Hbond substituents is 1. The van der Waals surface area contributed by atoms with Crippen LogP contribution in [0.25, 0.3) is 0 Å². The fraction of sp³-hybridized carbons (Fsp3) is 0.571. The molecular weight excluding hydrogens is 252 g/mol. The van der Waals surface area contributed by atoms with Gasteiger partial charge < -0.3 is 15.3 Å². The summed E-state index contributed by atoms with van der Waals surface area (Å²) in [6, 6.07) is 4.90. The van der Waals surface area contributed by atoms with Crippen LogP contribution < -0.4 is 0 Å². The maximum absolute atomic E-state index is 10.0. The van der Waals surface area contributed by atoms with Crippen molar-refractivity contribution in [1.82, 2.24) is 0 Å². The highest BCUT2D eigenvalue weighted by atomic mass is 35.5. The molecule has 0 aliphatic heterocycles. The molecule has 2 atom stereocenters. The van der Waals surface area contributed by atoms with Gasteiger partial charge in [0.2, 0.25) is 0 Å². The summed E-state index contributed by atoms with van der Waals surface area (Å²) in [4.78, 5) is 0. The fourth-order valence-electron chi connectivity index (χ4n) is 1.83. The predicted molar refractivity (Wildman–Crippen MR) is 73.1 cm³/mol. The monoisotopic (exact) mass is 272 g/mol. The molecule has 0 saturated heterocycles. The SMILES string of the molecule is CC(C)(C)c1cc(C(O)C(O)CCCl)ccc1O. The first-order valence-corrected chi connectivity index (χ1v) is 6.56. The number of rotatable bonds is 4. The molecule has 0 radical (unpaired) electrons. The molecule has 1 aromatic rings. The van der Waals surface area contributed by atoms with Gasteiger partial charge in [0, 0.05) is 5.88 Å².